The minimum absolute atomic E-state index is 0.0214. The molecule has 0 atom stereocenters. The summed E-state index contributed by atoms with van der Waals surface area (Å²) >= 11 is 0. The Morgan fingerprint density at radius 2 is 0.626 bits per heavy atom. The van der Waals surface area contributed by atoms with E-state index in [4.69, 9.17) is 38.2 Å². The van der Waals surface area contributed by atoms with E-state index in [0.29, 0.717) is 133 Å². The van der Waals surface area contributed by atoms with Gasteiger partial charge in [0, 0.05) is 45.5 Å². The van der Waals surface area contributed by atoms with E-state index in [1.165, 1.54) is 86.2 Å². The van der Waals surface area contributed by atoms with Crippen molar-refractivity contribution in [3.63, 3.8) is 0 Å². The highest BCUT2D eigenvalue weighted by molar-refractivity contribution is 6.02. The summed E-state index contributed by atoms with van der Waals surface area (Å²) in [6.07, 6.45) is 5.28. The zero-order valence-corrected chi connectivity index (χ0v) is 78.7. The number of nitrogen functional groups attached to an aromatic ring is 4. The Balaban J connectivity index is 0.000000119. The summed E-state index contributed by atoms with van der Waals surface area (Å²) in [5.41, 5.74) is 35.4. The molecule has 0 saturated carbocycles. The van der Waals surface area contributed by atoms with E-state index in [2.05, 4.69) is 61.9 Å². The Labute approximate surface area is 828 Å². The van der Waals surface area contributed by atoms with Crippen LogP contribution in [0.2, 0.25) is 0 Å². The van der Waals surface area contributed by atoms with Crippen LogP contribution in [0, 0.1) is 75.5 Å². The number of fused-ring (bicyclic) bond motifs is 8. The number of hydrogen-bond donors (Lipinski definition) is 8. The molecule has 23 rings (SSSR count). The first-order valence-electron chi connectivity index (χ1n) is 45.7. The van der Waals surface area contributed by atoms with E-state index in [1.807, 2.05) is 156 Å². The van der Waals surface area contributed by atoms with Crippen LogP contribution in [0.4, 0.5) is 45.2 Å². The fourth-order valence-electron chi connectivity index (χ4n) is 18.6. The molecule has 0 spiro atoms. The van der Waals surface area contributed by atoms with Crippen molar-refractivity contribution >= 4 is 110 Å². The van der Waals surface area contributed by atoms with E-state index in [1.54, 1.807) is 97.5 Å². The molecular weight excluding hydrogens is 1880 g/mol. The predicted octanol–water partition coefficient (Wildman–Crippen LogP) is 16.7. The summed E-state index contributed by atoms with van der Waals surface area (Å²) < 4.78 is 84.9. The summed E-state index contributed by atoms with van der Waals surface area (Å²) in [6, 6.07) is 70.1. The molecule has 37 heteroatoms. The number of halogens is 5. The molecule has 32 nitrogen and oxygen atoms in total. The van der Waals surface area contributed by atoms with Gasteiger partial charge in [-0.1, -0.05) is 145 Å². The van der Waals surface area contributed by atoms with Crippen LogP contribution in [0.3, 0.4) is 0 Å². The van der Waals surface area contributed by atoms with Gasteiger partial charge in [-0.05, 0) is 199 Å². The highest BCUT2D eigenvalue weighted by atomic mass is 19.1. The lowest BCUT2D eigenvalue weighted by atomic mass is 10.1. The molecule has 147 heavy (non-hydrogen) atoms. The second kappa shape index (κ2) is 39.0. The molecule has 0 saturated heterocycles. The van der Waals surface area contributed by atoms with E-state index in [-0.39, 0.29) is 107 Å². The number of pyridine rings is 4. The second-order valence-electron chi connectivity index (χ2n) is 34.6. The molecule has 12 heterocycles. The molecule has 11 aromatic carbocycles. The SMILES string of the molecule is Cc1cccc2cc(Cn3nc(-c4ccc(F)c(O)c4)c4c(N)ncnc43)n(-c3ccccc3F)c(=O)c12.Cc1cccc2cc(Cn3nc(-c4cccc(O)c4)c4c(N)ncnc43)n(-c3ccccc3F)c(=O)c12.Cc1cccc2cc(Cn3nc(C#CCO)c4c(N)ncnc43)n(-c3ccccc3F)c(=O)c12.Cc1ccccc1-n1c(Cn2nc(-c3cc(O)cc(F)c3)c3c(N)ncnc32)cc2cccc(C)c2c1=O. The van der Waals surface area contributed by atoms with Crippen molar-refractivity contribution in [2.24, 2.45) is 0 Å². The topological polar surface area (TPSA) is 447 Å². The van der Waals surface area contributed by atoms with Gasteiger partial charge in [-0.25, -0.2) is 80.6 Å². The van der Waals surface area contributed by atoms with Crippen LogP contribution in [0.15, 0.2) is 299 Å². The number of anilines is 4. The first-order chi connectivity index (χ1) is 71.1. The number of hydrogen-bond acceptors (Lipinski definition) is 24. The first kappa shape index (κ1) is 94.8. The molecule has 0 unspecified atom stereocenters. The zero-order chi connectivity index (χ0) is 103. The molecule has 0 aliphatic rings. The number of benzene rings is 11. The van der Waals surface area contributed by atoms with Gasteiger partial charge in [0.2, 0.25) is 0 Å². The average Bonchev–Trinajstić information content (AvgIpc) is 1.67. The van der Waals surface area contributed by atoms with Crippen molar-refractivity contribution < 1.29 is 42.4 Å². The highest BCUT2D eigenvalue weighted by Gasteiger charge is 2.29. The first-order valence-corrected chi connectivity index (χ1v) is 45.7. The van der Waals surface area contributed by atoms with Crippen LogP contribution >= 0.6 is 0 Å². The Morgan fingerprint density at radius 3 is 0.993 bits per heavy atom. The number of rotatable bonds is 15. The van der Waals surface area contributed by atoms with Gasteiger partial charge in [-0.3, -0.25) is 37.4 Å². The van der Waals surface area contributed by atoms with E-state index >= 15 is 8.78 Å². The second-order valence-corrected chi connectivity index (χ2v) is 34.6. The minimum atomic E-state index is -0.776. The van der Waals surface area contributed by atoms with E-state index < -0.39 is 34.8 Å². The van der Waals surface area contributed by atoms with Gasteiger partial charge in [0.1, 0.15) is 113 Å². The predicted molar refractivity (Wildman–Crippen MR) is 552 cm³/mol. The van der Waals surface area contributed by atoms with Crippen molar-refractivity contribution in [1.29, 1.82) is 0 Å². The molecule has 0 amide bonds. The fraction of sp³-hybridized carbons (Fsp3) is 0.0909. The lowest BCUT2D eigenvalue weighted by Crippen LogP contribution is -2.25. The molecule has 23 aromatic rings. The number of phenolic OH excluding ortho intramolecular Hbond substituents is 3. The number of aromatic hydroxyl groups is 3. The Bertz CT molecular complexity index is 9640. The number of nitrogens with zero attached hydrogens (tertiary/aromatic N) is 20. The van der Waals surface area contributed by atoms with Crippen LogP contribution in [-0.4, -0.2) is 124 Å². The smallest absolute Gasteiger partial charge is 0.263 e. The number of aliphatic hydroxyl groups excluding tert-OH is 1. The van der Waals surface area contributed by atoms with Gasteiger partial charge in [0.15, 0.2) is 34.2 Å². The summed E-state index contributed by atoms with van der Waals surface area (Å²) in [5, 5.41) is 64.7. The summed E-state index contributed by atoms with van der Waals surface area (Å²) in [4.78, 5) is 89.0. The molecule has 0 bridgehead atoms. The van der Waals surface area contributed by atoms with Crippen LogP contribution in [0.5, 0.6) is 17.2 Å². The third-order valence-electron chi connectivity index (χ3n) is 25.2. The number of aliphatic hydroxyl groups is 1. The third kappa shape index (κ3) is 17.8. The highest BCUT2D eigenvalue weighted by Crippen LogP contribution is 2.39. The summed E-state index contributed by atoms with van der Waals surface area (Å²) in [7, 11) is 0. The van der Waals surface area contributed by atoms with Crippen LogP contribution in [0.1, 0.15) is 56.3 Å². The number of nitrogens with two attached hydrogens (primary N) is 4. The molecule has 726 valence electrons. The van der Waals surface area contributed by atoms with Gasteiger partial charge in [0.05, 0.1) is 92.0 Å². The number of para-hydroxylation sites is 4. The summed E-state index contributed by atoms with van der Waals surface area (Å²) in [6.45, 7) is 9.44. The van der Waals surface area contributed by atoms with Crippen molar-refractivity contribution in [3.8, 4) is 85.6 Å². The minimum Gasteiger partial charge on any atom is -0.508 e. The maximum absolute atomic E-state index is 15.0. The lowest BCUT2D eigenvalue weighted by molar-refractivity contribution is 0.350. The monoisotopic (exact) mass is 1960 g/mol. The molecule has 0 radical (unpaired) electrons. The van der Waals surface area contributed by atoms with Gasteiger partial charge in [0.25, 0.3) is 22.2 Å². The standard InChI is InChI=1S/C29H23FN6O2.C28H20F2N6O2.C28H21FN6O2.C25H19FN6O2/c1-16-6-3-4-9-23(16)36-21(11-18-8-5-7-17(2)24(18)29(36)38)14-35-28-25(27(31)32-15-33-28)26(34-35)19-10-20(30)13-22(37)12-19;1-15-5-4-6-16-11-18(36(28(38)23(15)16)21-8-3-2-7-19(21)29)13-35-27-24(26(31)32-14-33-27)25(34-35)17-9-10-20(30)22(37)12-17;1-16-6-4-7-17-12-19(35(28(37)23(16)17)22-11-3-2-10-21(22)29)14-34-27-24(26(30)31-15-32-27)25(33-34)18-8-5-9-20(36)13-18;1-15-6-4-7-16-12-17(32(25(34)21(15)16)20-10-3-2-8-18(20)26)13-31-24-22(23(27)28-14-29-24)19(30-31)9-5-11-33/h3-13,15,37H,14H2,1-2H3,(H2,31,32,33);2-12,14,37H,13H2,1H3,(H2,31,32,33);2-13,15,36H,14H2,1H3,(H2,30,31,32);2-4,6-8,10,12,14,33H,11,13H2,1H3,(H2,27,28,29). The number of aryl methyl sites for hydroxylation is 5. The van der Waals surface area contributed by atoms with Gasteiger partial charge >= 0.3 is 0 Å². The van der Waals surface area contributed by atoms with Gasteiger partial charge in [-0.15, -0.1) is 0 Å². The molecule has 12 aromatic heterocycles. The van der Waals surface area contributed by atoms with Crippen molar-refractivity contribution in [3.05, 3.63) is 407 Å². The quantitative estimate of drug-likeness (QED) is 0.0349. The van der Waals surface area contributed by atoms with E-state index in [0.717, 1.165) is 61.8 Å². The van der Waals surface area contributed by atoms with E-state index in [9.17, 15) is 47.7 Å². The van der Waals surface area contributed by atoms with Crippen molar-refractivity contribution in [2.75, 3.05) is 29.5 Å². The van der Waals surface area contributed by atoms with Gasteiger partial charge in [-0.2, -0.15) is 20.4 Å². The molecular formula is C110H83F5N24O8. The average molecular weight is 1960 g/mol. The largest absolute Gasteiger partial charge is 0.508 e. The van der Waals surface area contributed by atoms with Crippen LogP contribution < -0.4 is 45.2 Å². The van der Waals surface area contributed by atoms with Crippen molar-refractivity contribution in [1.82, 2.24) is 97.3 Å². The normalized spacial score (nSPS) is 11.3. The van der Waals surface area contributed by atoms with Crippen LogP contribution in [-0.2, 0) is 26.2 Å². The molecule has 0 aliphatic carbocycles. The van der Waals surface area contributed by atoms with Crippen molar-refractivity contribution in [2.45, 2.75) is 60.8 Å². The third-order valence-corrected chi connectivity index (χ3v) is 25.2. The number of aromatic nitrogens is 20. The maximum atomic E-state index is 15.0. The van der Waals surface area contributed by atoms with Gasteiger partial charge < -0.3 is 43.4 Å². The maximum Gasteiger partial charge on any atom is 0.263 e. The Kier molecular flexibility index (Phi) is 25.2. The number of phenols is 3. The molecule has 12 N–H and O–H groups in total. The zero-order valence-electron chi connectivity index (χ0n) is 78.7. The summed E-state index contributed by atoms with van der Waals surface area (Å²) in [5.74, 6) is 2.38. The lowest BCUT2D eigenvalue weighted by Gasteiger charge is -2.17. The fourth-order valence-corrected chi connectivity index (χ4v) is 18.6. The molecule has 0 fully saturated rings. The molecule has 0 aliphatic heterocycles. The van der Waals surface area contributed by atoms with Crippen LogP contribution in [0.25, 0.3) is 144 Å². The Hall–Kier alpha value is -19.8. The Morgan fingerprint density at radius 1 is 0.299 bits per heavy atom.